The summed E-state index contributed by atoms with van der Waals surface area (Å²) >= 11 is 2.86. The number of nitrogens with zero attached hydrogens (tertiary/aromatic N) is 4. The Bertz CT molecular complexity index is 2060. The Kier molecular flexibility index (Phi) is 8.20. The minimum atomic E-state index is -0.709. The first-order valence-corrected chi connectivity index (χ1v) is 16.1. The number of carbonyl (C=O) groups is 1. The van der Waals surface area contributed by atoms with Crippen LogP contribution in [0.15, 0.2) is 111 Å². The summed E-state index contributed by atoms with van der Waals surface area (Å²) in [6.45, 7) is 5.35. The molecule has 5 aromatic rings. The molecule has 222 valence electrons. The number of allylic oxidation sites excluding steroid dienone is 1. The average molecular weight is 625 g/mol. The first kappa shape index (κ1) is 29.5. The number of benzene rings is 3. The highest BCUT2D eigenvalue weighted by molar-refractivity contribution is 7.98. The van der Waals surface area contributed by atoms with E-state index in [-0.39, 0.29) is 17.5 Å². The van der Waals surface area contributed by atoms with E-state index in [2.05, 4.69) is 0 Å². The number of aromatic nitrogens is 3. The molecule has 1 unspecified atom stereocenters. The van der Waals surface area contributed by atoms with E-state index in [0.717, 1.165) is 16.1 Å². The molecule has 0 aliphatic carbocycles. The first-order valence-electron chi connectivity index (χ1n) is 14.0. The number of thioether (sulfide) groups is 1. The number of hydrogen-bond donors (Lipinski definition) is 0. The van der Waals surface area contributed by atoms with Gasteiger partial charge in [-0.05, 0) is 87.2 Å². The number of fused-ring (bicyclic) bond motifs is 1. The Labute approximate surface area is 261 Å². The number of para-hydroxylation sites is 1. The summed E-state index contributed by atoms with van der Waals surface area (Å²) in [6.07, 6.45) is 5.29. The fourth-order valence-corrected chi connectivity index (χ4v) is 6.59. The predicted molar refractivity (Wildman–Crippen MR) is 172 cm³/mol. The highest BCUT2D eigenvalue weighted by Gasteiger charge is 2.34. The molecule has 0 saturated heterocycles. The van der Waals surface area contributed by atoms with Gasteiger partial charge in [-0.3, -0.25) is 9.36 Å². The lowest BCUT2D eigenvalue weighted by molar-refractivity contribution is -0.143. The fraction of sp³-hybridized carbons (Fsp3) is 0.176. The molecule has 1 aliphatic rings. The van der Waals surface area contributed by atoms with Gasteiger partial charge in [-0.25, -0.2) is 18.9 Å². The molecule has 3 aromatic carbocycles. The highest BCUT2D eigenvalue weighted by Crippen LogP contribution is 2.32. The van der Waals surface area contributed by atoms with E-state index in [9.17, 15) is 14.0 Å². The standard InChI is InChI=1S/C34H29FN4O3S2/c1-20(2)42-33(41)29-21(3)36-34-39(31(29)23-12-16-27(43-4)17-13-23)32(40)28(44-34)18-24-19-38(26-8-6-5-7-9-26)37-30(24)22-10-14-25(35)15-11-22/h5-20,31H,1-4H3. The summed E-state index contributed by atoms with van der Waals surface area (Å²) in [4.78, 5) is 33.9. The molecule has 3 heterocycles. The number of hydrogen-bond acceptors (Lipinski definition) is 7. The van der Waals surface area contributed by atoms with Gasteiger partial charge in [0.2, 0.25) is 0 Å². The van der Waals surface area contributed by atoms with E-state index in [1.165, 1.54) is 23.5 Å². The zero-order valence-electron chi connectivity index (χ0n) is 24.5. The lowest BCUT2D eigenvalue weighted by atomic mass is 9.96. The Morgan fingerprint density at radius 2 is 1.75 bits per heavy atom. The van der Waals surface area contributed by atoms with Gasteiger partial charge in [-0.15, -0.1) is 11.8 Å². The third-order valence-electron chi connectivity index (χ3n) is 7.18. The van der Waals surface area contributed by atoms with Crippen LogP contribution in [0.25, 0.3) is 23.0 Å². The van der Waals surface area contributed by atoms with Crippen molar-refractivity contribution in [2.75, 3.05) is 6.26 Å². The summed E-state index contributed by atoms with van der Waals surface area (Å²) in [5.74, 6) is -0.851. The molecule has 44 heavy (non-hydrogen) atoms. The van der Waals surface area contributed by atoms with Gasteiger partial charge >= 0.3 is 5.97 Å². The molecule has 1 aliphatic heterocycles. The van der Waals surface area contributed by atoms with Crippen LogP contribution in [0.1, 0.15) is 37.9 Å². The quantitative estimate of drug-likeness (QED) is 0.167. The molecule has 7 nitrogen and oxygen atoms in total. The third kappa shape index (κ3) is 5.70. The molecule has 0 N–H and O–H groups in total. The number of esters is 1. The minimum Gasteiger partial charge on any atom is -0.459 e. The van der Waals surface area contributed by atoms with Crippen LogP contribution in [0.2, 0.25) is 0 Å². The van der Waals surface area contributed by atoms with Crippen LogP contribution in [0.5, 0.6) is 0 Å². The van der Waals surface area contributed by atoms with E-state index in [1.807, 2.05) is 67.0 Å². The Hall–Kier alpha value is -4.54. The van der Waals surface area contributed by atoms with Gasteiger partial charge in [-0.2, -0.15) is 5.10 Å². The van der Waals surface area contributed by atoms with Crippen molar-refractivity contribution in [3.05, 3.63) is 133 Å². The molecular weight excluding hydrogens is 596 g/mol. The van der Waals surface area contributed by atoms with Crippen LogP contribution in [0, 0.1) is 5.82 Å². The maximum Gasteiger partial charge on any atom is 0.338 e. The van der Waals surface area contributed by atoms with E-state index in [0.29, 0.717) is 37.4 Å². The second-order valence-corrected chi connectivity index (χ2v) is 12.4. The Balaban J connectivity index is 1.55. The maximum absolute atomic E-state index is 14.2. The topological polar surface area (TPSA) is 78.5 Å². The van der Waals surface area contributed by atoms with Gasteiger partial charge in [0.15, 0.2) is 4.80 Å². The molecule has 6 rings (SSSR count). The highest BCUT2D eigenvalue weighted by atomic mass is 32.2. The number of thiazole rings is 1. The second-order valence-electron chi connectivity index (χ2n) is 10.5. The number of rotatable bonds is 7. The van der Waals surface area contributed by atoms with Gasteiger partial charge in [-0.1, -0.05) is 41.7 Å². The molecule has 0 spiro atoms. The maximum atomic E-state index is 14.2. The second kappa shape index (κ2) is 12.2. The average Bonchev–Trinajstić information content (AvgIpc) is 3.57. The number of halogens is 1. The number of carbonyl (C=O) groups excluding carboxylic acids is 1. The van der Waals surface area contributed by atoms with E-state index >= 15 is 0 Å². The van der Waals surface area contributed by atoms with Crippen molar-refractivity contribution in [3.63, 3.8) is 0 Å². The van der Waals surface area contributed by atoms with Gasteiger partial charge in [0.05, 0.1) is 33.6 Å². The van der Waals surface area contributed by atoms with E-state index in [1.54, 1.807) is 60.0 Å². The van der Waals surface area contributed by atoms with Crippen LogP contribution < -0.4 is 14.9 Å². The van der Waals surface area contributed by atoms with Crippen molar-refractivity contribution in [3.8, 4) is 16.9 Å². The van der Waals surface area contributed by atoms with Gasteiger partial charge in [0, 0.05) is 22.2 Å². The summed E-state index contributed by atoms with van der Waals surface area (Å²) in [6, 6.07) is 22.8. The van der Waals surface area contributed by atoms with Crippen molar-refractivity contribution in [1.29, 1.82) is 0 Å². The van der Waals surface area contributed by atoms with Gasteiger partial charge in [0.25, 0.3) is 5.56 Å². The molecule has 0 fully saturated rings. The molecule has 0 saturated carbocycles. The number of ether oxygens (including phenoxy) is 1. The van der Waals surface area contributed by atoms with E-state index in [4.69, 9.17) is 14.8 Å². The van der Waals surface area contributed by atoms with Crippen LogP contribution in [-0.2, 0) is 9.53 Å². The van der Waals surface area contributed by atoms with Crippen molar-refractivity contribution in [2.45, 2.75) is 37.8 Å². The zero-order chi connectivity index (χ0) is 31.0. The smallest absolute Gasteiger partial charge is 0.338 e. The van der Waals surface area contributed by atoms with Crippen molar-refractivity contribution >= 4 is 35.1 Å². The molecular formula is C34H29FN4O3S2. The summed E-state index contributed by atoms with van der Waals surface area (Å²) < 4.78 is 23.1. The van der Waals surface area contributed by atoms with Crippen LogP contribution in [0.3, 0.4) is 0 Å². The normalized spacial score (nSPS) is 15.0. The summed E-state index contributed by atoms with van der Waals surface area (Å²) in [5, 5.41) is 4.81. The monoisotopic (exact) mass is 624 g/mol. The molecule has 0 radical (unpaired) electrons. The first-order chi connectivity index (χ1) is 21.2. The minimum absolute atomic E-state index is 0.285. The SMILES string of the molecule is CSc1ccc(C2C(C(=O)OC(C)C)=C(C)N=c3sc(=Cc4cn(-c5ccccc5)nc4-c4ccc(F)cc4)c(=O)n32)cc1. The van der Waals surface area contributed by atoms with Crippen LogP contribution >= 0.6 is 23.1 Å². The summed E-state index contributed by atoms with van der Waals surface area (Å²) in [5.41, 5.74) is 4.17. The molecule has 1 atom stereocenters. The van der Waals surface area contributed by atoms with Crippen LogP contribution in [-0.4, -0.2) is 32.7 Å². The van der Waals surface area contributed by atoms with Crippen molar-refractivity contribution < 1.29 is 13.9 Å². The lowest BCUT2D eigenvalue weighted by Gasteiger charge is -2.25. The summed E-state index contributed by atoms with van der Waals surface area (Å²) in [7, 11) is 0. The molecule has 2 aromatic heterocycles. The molecule has 0 amide bonds. The molecule has 0 bridgehead atoms. The van der Waals surface area contributed by atoms with Crippen molar-refractivity contribution in [2.24, 2.45) is 4.99 Å². The Morgan fingerprint density at radius 1 is 1.05 bits per heavy atom. The fourth-order valence-electron chi connectivity index (χ4n) is 5.14. The van der Waals surface area contributed by atoms with E-state index < -0.39 is 12.0 Å². The zero-order valence-corrected chi connectivity index (χ0v) is 26.2. The largest absolute Gasteiger partial charge is 0.459 e. The Morgan fingerprint density at radius 3 is 2.41 bits per heavy atom. The lowest BCUT2D eigenvalue weighted by Crippen LogP contribution is -2.40. The molecule has 10 heteroatoms. The van der Waals surface area contributed by atoms with Crippen LogP contribution in [0.4, 0.5) is 4.39 Å². The van der Waals surface area contributed by atoms with Gasteiger partial charge < -0.3 is 4.74 Å². The van der Waals surface area contributed by atoms with Gasteiger partial charge in [0.1, 0.15) is 11.5 Å². The predicted octanol–water partition coefficient (Wildman–Crippen LogP) is 5.90. The third-order valence-corrected chi connectivity index (χ3v) is 8.91. The van der Waals surface area contributed by atoms with Crippen molar-refractivity contribution in [1.82, 2.24) is 14.3 Å².